The minimum absolute atomic E-state index is 0.892. The van der Waals surface area contributed by atoms with E-state index in [1.807, 2.05) is 0 Å². The van der Waals surface area contributed by atoms with E-state index in [0.717, 1.165) is 11.8 Å². The van der Waals surface area contributed by atoms with Crippen LogP contribution in [0.15, 0.2) is 0 Å². The molecule has 12 heavy (non-hydrogen) atoms. The highest BCUT2D eigenvalue weighted by Gasteiger charge is 2.18. The fourth-order valence-corrected chi connectivity index (χ4v) is 2.21. The molecule has 1 saturated heterocycles. The van der Waals surface area contributed by atoms with Crippen LogP contribution < -0.4 is 0 Å². The van der Waals surface area contributed by atoms with Crippen molar-refractivity contribution in [1.82, 2.24) is 4.90 Å². The molecule has 1 heteroatoms. The van der Waals surface area contributed by atoms with E-state index in [1.54, 1.807) is 0 Å². The lowest BCUT2D eigenvalue weighted by Crippen LogP contribution is -2.33. The van der Waals surface area contributed by atoms with Gasteiger partial charge in [0.25, 0.3) is 0 Å². The molecule has 0 spiro atoms. The molecule has 0 amide bonds. The summed E-state index contributed by atoms with van der Waals surface area (Å²) in [5, 5.41) is 0. The van der Waals surface area contributed by atoms with Crippen LogP contribution in [0.3, 0.4) is 0 Å². The van der Waals surface area contributed by atoms with E-state index in [1.165, 1.54) is 38.9 Å². The van der Waals surface area contributed by atoms with E-state index in [4.69, 9.17) is 0 Å². The highest BCUT2D eigenvalue weighted by molar-refractivity contribution is 4.72. The normalized spacial score (nSPS) is 22.0. The Morgan fingerprint density at radius 1 is 1.25 bits per heavy atom. The van der Waals surface area contributed by atoms with E-state index in [9.17, 15) is 0 Å². The zero-order valence-electron chi connectivity index (χ0n) is 8.84. The molecule has 1 aliphatic rings. The number of hydrogen-bond acceptors (Lipinski definition) is 1. The third-order valence-corrected chi connectivity index (χ3v) is 2.96. The SMILES string of the molecule is CCN1CCC(CC(C)C)CC1. The summed E-state index contributed by atoms with van der Waals surface area (Å²) in [5.74, 6) is 1.91. The minimum Gasteiger partial charge on any atom is -0.304 e. The van der Waals surface area contributed by atoms with Crippen LogP contribution in [0.4, 0.5) is 0 Å². The molecular weight excluding hydrogens is 146 g/mol. The summed E-state index contributed by atoms with van der Waals surface area (Å²) in [5.41, 5.74) is 0. The number of piperidine rings is 1. The van der Waals surface area contributed by atoms with Gasteiger partial charge in [0.2, 0.25) is 0 Å². The van der Waals surface area contributed by atoms with E-state index >= 15 is 0 Å². The molecule has 1 aliphatic heterocycles. The van der Waals surface area contributed by atoms with Gasteiger partial charge in [-0.3, -0.25) is 0 Å². The molecule has 1 rings (SSSR count). The molecule has 0 aromatic rings. The lowest BCUT2D eigenvalue weighted by Gasteiger charge is -2.31. The fraction of sp³-hybridized carbons (Fsp3) is 1.00. The molecule has 0 aromatic heterocycles. The first-order chi connectivity index (χ1) is 5.72. The van der Waals surface area contributed by atoms with E-state index in [0.29, 0.717) is 0 Å². The van der Waals surface area contributed by atoms with Gasteiger partial charge in [-0.2, -0.15) is 0 Å². The van der Waals surface area contributed by atoms with Gasteiger partial charge >= 0.3 is 0 Å². The molecule has 0 atom stereocenters. The molecule has 1 nitrogen and oxygen atoms in total. The van der Waals surface area contributed by atoms with Crippen molar-refractivity contribution in [1.29, 1.82) is 0 Å². The second-order valence-corrected chi connectivity index (χ2v) is 4.51. The van der Waals surface area contributed by atoms with Crippen LogP contribution >= 0.6 is 0 Å². The molecule has 0 bridgehead atoms. The molecule has 0 saturated carbocycles. The van der Waals surface area contributed by atoms with Gasteiger partial charge in [-0.05, 0) is 50.7 Å². The smallest absolute Gasteiger partial charge is 0.00162 e. The number of likely N-dealkylation sites (tertiary alicyclic amines) is 1. The maximum absolute atomic E-state index is 2.57. The third kappa shape index (κ3) is 3.14. The summed E-state index contributed by atoms with van der Waals surface area (Å²) in [6, 6.07) is 0. The Morgan fingerprint density at radius 2 is 1.83 bits per heavy atom. The van der Waals surface area contributed by atoms with Crippen LogP contribution in [0.25, 0.3) is 0 Å². The van der Waals surface area contributed by atoms with Gasteiger partial charge < -0.3 is 4.90 Å². The van der Waals surface area contributed by atoms with Crippen LogP contribution in [0.5, 0.6) is 0 Å². The van der Waals surface area contributed by atoms with Gasteiger partial charge in [0.05, 0.1) is 0 Å². The molecule has 0 unspecified atom stereocenters. The van der Waals surface area contributed by atoms with Crippen molar-refractivity contribution in [3.8, 4) is 0 Å². The summed E-state index contributed by atoms with van der Waals surface area (Å²) in [6.07, 6.45) is 4.32. The Morgan fingerprint density at radius 3 is 2.25 bits per heavy atom. The molecular formula is C11H23N. The maximum atomic E-state index is 2.57. The predicted molar refractivity (Wildman–Crippen MR) is 54.3 cm³/mol. The van der Waals surface area contributed by atoms with Crippen LogP contribution in [0, 0.1) is 11.8 Å². The van der Waals surface area contributed by atoms with Gasteiger partial charge in [-0.1, -0.05) is 20.8 Å². The molecule has 0 aliphatic carbocycles. The largest absolute Gasteiger partial charge is 0.304 e. The highest BCUT2D eigenvalue weighted by Crippen LogP contribution is 2.23. The van der Waals surface area contributed by atoms with Crippen molar-refractivity contribution >= 4 is 0 Å². The summed E-state index contributed by atoms with van der Waals surface area (Å²) in [4.78, 5) is 2.57. The number of hydrogen-bond donors (Lipinski definition) is 0. The lowest BCUT2D eigenvalue weighted by atomic mass is 9.89. The lowest BCUT2D eigenvalue weighted by molar-refractivity contribution is 0.178. The average molecular weight is 169 g/mol. The fourth-order valence-electron chi connectivity index (χ4n) is 2.21. The van der Waals surface area contributed by atoms with Gasteiger partial charge in [0.15, 0.2) is 0 Å². The Balaban J connectivity index is 2.17. The van der Waals surface area contributed by atoms with Crippen molar-refractivity contribution in [2.45, 2.75) is 40.0 Å². The summed E-state index contributed by atoms with van der Waals surface area (Å²) in [6.45, 7) is 10.9. The van der Waals surface area contributed by atoms with E-state index < -0.39 is 0 Å². The van der Waals surface area contributed by atoms with Gasteiger partial charge in [-0.15, -0.1) is 0 Å². The van der Waals surface area contributed by atoms with Crippen molar-refractivity contribution in [2.24, 2.45) is 11.8 Å². The Labute approximate surface area is 77.1 Å². The highest BCUT2D eigenvalue weighted by atomic mass is 15.1. The predicted octanol–water partition coefficient (Wildman–Crippen LogP) is 2.76. The maximum Gasteiger partial charge on any atom is -0.00162 e. The summed E-state index contributed by atoms with van der Waals surface area (Å²) < 4.78 is 0. The first kappa shape index (κ1) is 10.0. The molecule has 0 aromatic carbocycles. The monoisotopic (exact) mass is 169 g/mol. The number of nitrogens with zero attached hydrogens (tertiary/aromatic N) is 1. The van der Waals surface area contributed by atoms with Crippen LogP contribution in [0.2, 0.25) is 0 Å². The van der Waals surface area contributed by atoms with Crippen LogP contribution in [-0.4, -0.2) is 24.5 Å². The van der Waals surface area contributed by atoms with Crippen molar-refractivity contribution in [3.05, 3.63) is 0 Å². The van der Waals surface area contributed by atoms with E-state index in [-0.39, 0.29) is 0 Å². The minimum atomic E-state index is 0.892. The van der Waals surface area contributed by atoms with Crippen molar-refractivity contribution in [2.75, 3.05) is 19.6 Å². The second-order valence-electron chi connectivity index (χ2n) is 4.51. The summed E-state index contributed by atoms with van der Waals surface area (Å²) in [7, 11) is 0. The zero-order valence-corrected chi connectivity index (χ0v) is 8.84. The van der Waals surface area contributed by atoms with Gasteiger partial charge in [-0.25, -0.2) is 0 Å². The Hall–Kier alpha value is -0.0400. The standard InChI is InChI=1S/C11H23N/c1-4-12-7-5-11(6-8-12)9-10(2)3/h10-11H,4-9H2,1-3H3. The molecule has 0 radical (unpaired) electrons. The molecule has 1 fully saturated rings. The average Bonchev–Trinajstić information content (AvgIpc) is 2.05. The number of rotatable bonds is 3. The molecule has 0 N–H and O–H groups in total. The zero-order chi connectivity index (χ0) is 8.97. The van der Waals surface area contributed by atoms with Gasteiger partial charge in [0, 0.05) is 0 Å². The Bertz CT molecular complexity index is 112. The molecule has 72 valence electrons. The van der Waals surface area contributed by atoms with Crippen molar-refractivity contribution < 1.29 is 0 Å². The first-order valence-corrected chi connectivity index (χ1v) is 5.44. The third-order valence-electron chi connectivity index (χ3n) is 2.96. The van der Waals surface area contributed by atoms with Crippen LogP contribution in [0.1, 0.15) is 40.0 Å². The van der Waals surface area contributed by atoms with E-state index in [2.05, 4.69) is 25.7 Å². The van der Waals surface area contributed by atoms with Crippen LogP contribution in [-0.2, 0) is 0 Å². The quantitative estimate of drug-likeness (QED) is 0.628. The topological polar surface area (TPSA) is 3.24 Å². The van der Waals surface area contributed by atoms with Gasteiger partial charge in [0.1, 0.15) is 0 Å². The Kier molecular flexibility index (Phi) is 4.07. The molecule has 1 heterocycles. The second kappa shape index (κ2) is 4.86. The van der Waals surface area contributed by atoms with Crippen molar-refractivity contribution in [3.63, 3.8) is 0 Å². The first-order valence-electron chi connectivity index (χ1n) is 5.44. The summed E-state index contributed by atoms with van der Waals surface area (Å²) >= 11 is 0.